The summed E-state index contributed by atoms with van der Waals surface area (Å²) < 4.78 is 2.13. The Morgan fingerprint density at radius 2 is 2.12 bits per heavy atom. The lowest BCUT2D eigenvalue weighted by atomic mass is 10.1. The van der Waals surface area contributed by atoms with Crippen molar-refractivity contribution >= 4 is 5.91 Å². The minimum atomic E-state index is 0.0808. The van der Waals surface area contributed by atoms with Crippen LogP contribution in [-0.4, -0.2) is 33.4 Å². The largest absolute Gasteiger partial charge is 0.349 e. The topological polar surface area (TPSA) is 50.2 Å². The Hall–Kier alpha value is -2.14. The Bertz CT molecular complexity index is 680. The minimum Gasteiger partial charge on any atom is -0.349 e. The number of nitrogens with one attached hydrogen (secondary N) is 1. The highest BCUT2D eigenvalue weighted by molar-refractivity contribution is 5.79. The highest BCUT2D eigenvalue weighted by Gasteiger charge is 2.28. The maximum absolute atomic E-state index is 12.5. The number of hydrogen-bond donors (Lipinski definition) is 1. The molecule has 1 aliphatic rings. The second-order valence-corrected chi connectivity index (χ2v) is 7.31. The van der Waals surface area contributed by atoms with E-state index in [1.54, 1.807) is 6.20 Å². The molecule has 2 aromatic rings. The molecule has 1 N–H and O–H groups in total. The molecule has 3 rings (SSSR count). The van der Waals surface area contributed by atoms with Gasteiger partial charge in [-0.2, -0.15) is 0 Å². The molecule has 2 heterocycles. The highest BCUT2D eigenvalue weighted by Crippen LogP contribution is 2.19. The fourth-order valence-corrected chi connectivity index (χ4v) is 3.41. The number of nitrogens with zero attached hydrogens (tertiary/aromatic N) is 3. The van der Waals surface area contributed by atoms with E-state index in [9.17, 15) is 4.79 Å². The molecule has 1 aromatic carbocycles. The first-order chi connectivity index (χ1) is 12.1. The van der Waals surface area contributed by atoms with Gasteiger partial charge in [0.2, 0.25) is 5.91 Å². The minimum absolute atomic E-state index is 0.0808. The second-order valence-electron chi connectivity index (χ2n) is 7.31. The molecule has 1 fully saturated rings. The van der Waals surface area contributed by atoms with Gasteiger partial charge in [0, 0.05) is 32.0 Å². The monoisotopic (exact) mass is 340 g/mol. The third-order valence-electron chi connectivity index (χ3n) is 4.68. The van der Waals surface area contributed by atoms with Gasteiger partial charge in [0.25, 0.3) is 0 Å². The van der Waals surface area contributed by atoms with E-state index in [-0.39, 0.29) is 11.8 Å². The summed E-state index contributed by atoms with van der Waals surface area (Å²) in [6.45, 7) is 8.54. The molecule has 1 amide bonds. The summed E-state index contributed by atoms with van der Waals surface area (Å²) in [5.41, 5.74) is 1.30. The molecule has 1 saturated heterocycles. The van der Waals surface area contributed by atoms with Crippen molar-refractivity contribution in [2.75, 3.05) is 13.1 Å². The molecule has 0 radical (unpaired) electrons. The van der Waals surface area contributed by atoms with E-state index < -0.39 is 0 Å². The summed E-state index contributed by atoms with van der Waals surface area (Å²) in [6.07, 6.45) is 4.72. The molecule has 1 unspecified atom stereocenters. The zero-order valence-electron chi connectivity index (χ0n) is 15.2. The molecule has 0 spiro atoms. The van der Waals surface area contributed by atoms with Crippen molar-refractivity contribution in [2.24, 2.45) is 11.8 Å². The maximum Gasteiger partial charge on any atom is 0.224 e. The summed E-state index contributed by atoms with van der Waals surface area (Å²) in [5, 5.41) is 3.08. The summed E-state index contributed by atoms with van der Waals surface area (Å²) >= 11 is 0. The smallest absolute Gasteiger partial charge is 0.224 e. The molecule has 5 heteroatoms. The van der Waals surface area contributed by atoms with Crippen LogP contribution in [0.4, 0.5) is 0 Å². The number of hydrogen-bond acceptors (Lipinski definition) is 3. The van der Waals surface area contributed by atoms with E-state index in [0.717, 1.165) is 38.4 Å². The van der Waals surface area contributed by atoms with Crippen LogP contribution in [0.2, 0.25) is 0 Å². The third-order valence-corrected chi connectivity index (χ3v) is 4.68. The molecule has 134 valence electrons. The zero-order chi connectivity index (χ0) is 17.6. The average molecular weight is 340 g/mol. The number of imidazole rings is 1. The SMILES string of the molecule is CC(C)Cn1ccnc1CNC(=O)C1CCN(Cc2ccccc2)C1. The zero-order valence-corrected chi connectivity index (χ0v) is 15.2. The number of carbonyl (C=O) groups excluding carboxylic acids is 1. The fraction of sp³-hybridized carbons (Fsp3) is 0.500. The number of likely N-dealkylation sites (tertiary alicyclic amines) is 1. The van der Waals surface area contributed by atoms with Gasteiger partial charge in [0.1, 0.15) is 5.82 Å². The predicted molar refractivity (Wildman–Crippen MR) is 98.7 cm³/mol. The Labute approximate surface area is 150 Å². The van der Waals surface area contributed by atoms with Crippen LogP contribution in [0.25, 0.3) is 0 Å². The number of rotatable bonds is 7. The lowest BCUT2D eigenvalue weighted by Gasteiger charge is -2.16. The van der Waals surface area contributed by atoms with Crippen LogP contribution in [0.3, 0.4) is 0 Å². The van der Waals surface area contributed by atoms with E-state index in [0.29, 0.717) is 12.5 Å². The molecule has 0 aliphatic carbocycles. The number of aromatic nitrogens is 2. The fourth-order valence-electron chi connectivity index (χ4n) is 3.41. The molecule has 0 bridgehead atoms. The predicted octanol–water partition coefficient (Wildman–Crippen LogP) is 2.68. The average Bonchev–Trinajstić information content (AvgIpc) is 3.23. The van der Waals surface area contributed by atoms with E-state index >= 15 is 0 Å². The Morgan fingerprint density at radius 3 is 2.88 bits per heavy atom. The standard InChI is InChI=1S/C20H28N4O/c1-16(2)13-24-11-9-21-19(24)12-22-20(25)18-8-10-23(15-18)14-17-6-4-3-5-7-17/h3-7,9,11,16,18H,8,10,12-15H2,1-2H3,(H,22,25). The van der Waals surface area contributed by atoms with Crippen LogP contribution in [-0.2, 0) is 24.4 Å². The van der Waals surface area contributed by atoms with Crippen molar-refractivity contribution in [2.45, 2.75) is 39.9 Å². The van der Waals surface area contributed by atoms with Crippen LogP contribution < -0.4 is 5.32 Å². The van der Waals surface area contributed by atoms with Gasteiger partial charge in [-0.25, -0.2) is 4.98 Å². The molecule has 0 saturated carbocycles. The molecular formula is C20H28N4O. The van der Waals surface area contributed by atoms with E-state index in [4.69, 9.17) is 0 Å². The summed E-state index contributed by atoms with van der Waals surface area (Å²) in [7, 11) is 0. The third kappa shape index (κ3) is 4.92. The van der Waals surface area contributed by atoms with E-state index in [1.165, 1.54) is 5.56 Å². The maximum atomic E-state index is 12.5. The number of amides is 1. The lowest BCUT2D eigenvalue weighted by molar-refractivity contribution is -0.124. The quantitative estimate of drug-likeness (QED) is 0.843. The summed E-state index contributed by atoms with van der Waals surface area (Å²) in [6, 6.07) is 10.4. The number of carbonyl (C=O) groups is 1. The van der Waals surface area contributed by atoms with Crippen LogP contribution in [0.1, 0.15) is 31.7 Å². The molecule has 25 heavy (non-hydrogen) atoms. The molecule has 1 aromatic heterocycles. The summed E-state index contributed by atoms with van der Waals surface area (Å²) in [5.74, 6) is 1.72. The molecule has 1 aliphatic heterocycles. The van der Waals surface area contributed by atoms with Crippen molar-refractivity contribution in [3.8, 4) is 0 Å². The first-order valence-electron chi connectivity index (χ1n) is 9.16. The van der Waals surface area contributed by atoms with Crippen molar-refractivity contribution < 1.29 is 4.79 Å². The van der Waals surface area contributed by atoms with Crippen molar-refractivity contribution in [3.05, 3.63) is 54.1 Å². The van der Waals surface area contributed by atoms with Gasteiger partial charge < -0.3 is 9.88 Å². The van der Waals surface area contributed by atoms with Crippen LogP contribution in [0.5, 0.6) is 0 Å². The Kier molecular flexibility index (Phi) is 5.87. The van der Waals surface area contributed by atoms with Gasteiger partial charge >= 0.3 is 0 Å². The van der Waals surface area contributed by atoms with Gasteiger partial charge in [0.05, 0.1) is 12.5 Å². The summed E-state index contributed by atoms with van der Waals surface area (Å²) in [4.78, 5) is 19.2. The number of benzene rings is 1. The van der Waals surface area contributed by atoms with Crippen molar-refractivity contribution in [1.82, 2.24) is 19.8 Å². The van der Waals surface area contributed by atoms with Crippen LogP contribution in [0.15, 0.2) is 42.7 Å². The van der Waals surface area contributed by atoms with E-state index in [2.05, 4.69) is 57.9 Å². The Balaban J connectivity index is 1.47. The van der Waals surface area contributed by atoms with Crippen LogP contribution >= 0.6 is 0 Å². The first kappa shape index (κ1) is 17.7. The second kappa shape index (κ2) is 8.30. The molecular weight excluding hydrogens is 312 g/mol. The van der Waals surface area contributed by atoms with Gasteiger partial charge in [-0.3, -0.25) is 9.69 Å². The van der Waals surface area contributed by atoms with Crippen molar-refractivity contribution in [1.29, 1.82) is 0 Å². The normalized spacial score (nSPS) is 18.0. The van der Waals surface area contributed by atoms with Gasteiger partial charge in [-0.15, -0.1) is 0 Å². The molecule has 1 atom stereocenters. The van der Waals surface area contributed by atoms with Crippen LogP contribution in [0, 0.1) is 11.8 Å². The highest BCUT2D eigenvalue weighted by atomic mass is 16.1. The van der Waals surface area contributed by atoms with Gasteiger partial charge in [-0.05, 0) is 24.4 Å². The van der Waals surface area contributed by atoms with E-state index in [1.807, 2.05) is 12.3 Å². The Morgan fingerprint density at radius 1 is 1.32 bits per heavy atom. The van der Waals surface area contributed by atoms with Gasteiger partial charge in [0.15, 0.2) is 0 Å². The lowest BCUT2D eigenvalue weighted by Crippen LogP contribution is -2.33. The first-order valence-corrected chi connectivity index (χ1v) is 9.16. The van der Waals surface area contributed by atoms with Crippen molar-refractivity contribution in [3.63, 3.8) is 0 Å². The van der Waals surface area contributed by atoms with Gasteiger partial charge in [-0.1, -0.05) is 44.2 Å². The molecule has 5 nitrogen and oxygen atoms in total.